The smallest absolute Gasteiger partial charge is 0.0202 e. The summed E-state index contributed by atoms with van der Waals surface area (Å²) in [5.41, 5.74) is 0. The molecule has 0 nitrogen and oxygen atoms in total. The molecular weight excluding hydrogens is 144 g/mol. The lowest BCUT2D eigenvalue weighted by molar-refractivity contribution is 0.0645. The number of allylic oxidation sites excluding steroid dienone is 1. The lowest BCUT2D eigenvalue weighted by atomic mass is 9.63. The first-order valence-corrected chi connectivity index (χ1v) is 5.52. The summed E-state index contributed by atoms with van der Waals surface area (Å²) in [6, 6.07) is 0. The molecule has 0 aromatic carbocycles. The van der Waals surface area contributed by atoms with Crippen LogP contribution in [0.2, 0.25) is 0 Å². The molecule has 0 aromatic heterocycles. The van der Waals surface area contributed by atoms with E-state index in [1.165, 1.54) is 30.1 Å². The predicted octanol–water partition coefficient (Wildman–Crippen LogP) is 2.71. The van der Waals surface area contributed by atoms with E-state index in [1.54, 1.807) is 12.8 Å². The predicted molar refractivity (Wildman–Crippen MR) is 48.5 cm³/mol. The summed E-state index contributed by atoms with van der Waals surface area (Å²) in [5, 5.41) is 0. The summed E-state index contributed by atoms with van der Waals surface area (Å²) in [6.45, 7) is 3.98. The molecule has 4 rings (SSSR count). The first kappa shape index (κ1) is 6.23. The van der Waals surface area contributed by atoms with Crippen LogP contribution in [0.15, 0.2) is 12.7 Å². The van der Waals surface area contributed by atoms with Gasteiger partial charge in [0.2, 0.25) is 0 Å². The van der Waals surface area contributed by atoms with E-state index in [-0.39, 0.29) is 0 Å². The lowest BCUT2D eigenvalue weighted by Crippen LogP contribution is -2.37. The van der Waals surface area contributed by atoms with Crippen LogP contribution in [0.4, 0.5) is 0 Å². The fourth-order valence-corrected chi connectivity index (χ4v) is 4.99. The SMILES string of the molecule is C=CC1CC2CC1C1C3CC3C21. The molecule has 0 aliphatic heterocycles. The van der Waals surface area contributed by atoms with Crippen molar-refractivity contribution in [1.82, 2.24) is 0 Å². The van der Waals surface area contributed by atoms with Crippen molar-refractivity contribution in [2.24, 2.45) is 41.4 Å². The van der Waals surface area contributed by atoms with Gasteiger partial charge in [0.1, 0.15) is 0 Å². The minimum absolute atomic E-state index is 0.915. The van der Waals surface area contributed by atoms with Crippen molar-refractivity contribution >= 4 is 0 Å². The Balaban J connectivity index is 1.71. The van der Waals surface area contributed by atoms with Crippen LogP contribution in [-0.4, -0.2) is 0 Å². The summed E-state index contributed by atoms with van der Waals surface area (Å²) >= 11 is 0. The van der Waals surface area contributed by atoms with Gasteiger partial charge in [0, 0.05) is 0 Å². The molecule has 0 radical (unpaired) electrons. The maximum absolute atomic E-state index is 3.98. The van der Waals surface area contributed by atoms with E-state index < -0.39 is 0 Å². The van der Waals surface area contributed by atoms with Gasteiger partial charge in [-0.25, -0.2) is 0 Å². The van der Waals surface area contributed by atoms with Gasteiger partial charge in [0.15, 0.2) is 0 Å². The van der Waals surface area contributed by atoms with Crippen LogP contribution in [0.1, 0.15) is 19.3 Å². The van der Waals surface area contributed by atoms with Gasteiger partial charge in [-0.1, -0.05) is 6.08 Å². The second-order valence-electron chi connectivity index (χ2n) is 5.51. The summed E-state index contributed by atoms with van der Waals surface area (Å²) in [4.78, 5) is 0. The number of hydrogen-bond acceptors (Lipinski definition) is 0. The Morgan fingerprint density at radius 3 is 2.58 bits per heavy atom. The molecule has 4 saturated carbocycles. The van der Waals surface area contributed by atoms with Crippen molar-refractivity contribution in [3.8, 4) is 0 Å². The highest BCUT2D eigenvalue weighted by atomic mass is 14.8. The quantitative estimate of drug-likeness (QED) is 0.517. The molecule has 0 saturated heterocycles. The van der Waals surface area contributed by atoms with E-state index in [4.69, 9.17) is 0 Å². The summed E-state index contributed by atoms with van der Waals surface area (Å²) in [6.07, 6.45) is 6.92. The topological polar surface area (TPSA) is 0 Å². The van der Waals surface area contributed by atoms with E-state index in [0.717, 1.165) is 17.8 Å². The molecule has 7 atom stereocenters. The molecule has 0 amide bonds. The molecule has 4 aliphatic carbocycles. The highest BCUT2D eigenvalue weighted by Crippen LogP contribution is 2.77. The second-order valence-corrected chi connectivity index (χ2v) is 5.51. The molecule has 0 heteroatoms. The first-order chi connectivity index (χ1) is 5.90. The van der Waals surface area contributed by atoms with Crippen molar-refractivity contribution < 1.29 is 0 Å². The molecule has 4 fully saturated rings. The van der Waals surface area contributed by atoms with Gasteiger partial charge in [-0.2, -0.15) is 0 Å². The average molecular weight is 160 g/mol. The van der Waals surface area contributed by atoms with Crippen molar-refractivity contribution in [3.05, 3.63) is 12.7 Å². The Hall–Kier alpha value is -0.260. The summed E-state index contributed by atoms with van der Waals surface area (Å²) in [7, 11) is 0. The lowest BCUT2D eigenvalue weighted by Gasteiger charge is -2.42. The van der Waals surface area contributed by atoms with Crippen LogP contribution >= 0.6 is 0 Å². The fraction of sp³-hybridized carbons (Fsp3) is 0.833. The zero-order valence-corrected chi connectivity index (χ0v) is 7.45. The normalized spacial score (nSPS) is 69.8. The van der Waals surface area contributed by atoms with Crippen molar-refractivity contribution in [1.29, 1.82) is 0 Å². The maximum Gasteiger partial charge on any atom is -0.0202 e. The maximum atomic E-state index is 3.98. The van der Waals surface area contributed by atoms with E-state index in [0.29, 0.717) is 0 Å². The Morgan fingerprint density at radius 2 is 1.75 bits per heavy atom. The zero-order valence-electron chi connectivity index (χ0n) is 7.45. The molecule has 0 heterocycles. The van der Waals surface area contributed by atoms with Crippen LogP contribution in [0.25, 0.3) is 0 Å². The first-order valence-electron chi connectivity index (χ1n) is 5.52. The van der Waals surface area contributed by atoms with E-state index >= 15 is 0 Å². The molecule has 2 bridgehead atoms. The fourth-order valence-electron chi connectivity index (χ4n) is 4.99. The van der Waals surface area contributed by atoms with Gasteiger partial charge >= 0.3 is 0 Å². The van der Waals surface area contributed by atoms with Gasteiger partial charge < -0.3 is 0 Å². The zero-order chi connectivity index (χ0) is 7.87. The Bertz CT molecular complexity index is 255. The van der Waals surface area contributed by atoms with Crippen LogP contribution in [0.3, 0.4) is 0 Å². The molecule has 0 N–H and O–H groups in total. The molecule has 12 heavy (non-hydrogen) atoms. The highest BCUT2D eigenvalue weighted by Gasteiger charge is 2.71. The minimum atomic E-state index is 0.915. The van der Waals surface area contributed by atoms with Crippen molar-refractivity contribution in [3.63, 3.8) is 0 Å². The Morgan fingerprint density at radius 1 is 0.917 bits per heavy atom. The molecular formula is C12H16. The van der Waals surface area contributed by atoms with E-state index in [9.17, 15) is 0 Å². The van der Waals surface area contributed by atoms with Crippen LogP contribution < -0.4 is 0 Å². The van der Waals surface area contributed by atoms with Crippen LogP contribution in [0.5, 0.6) is 0 Å². The van der Waals surface area contributed by atoms with Gasteiger partial charge in [-0.3, -0.25) is 0 Å². The molecule has 0 spiro atoms. The van der Waals surface area contributed by atoms with Gasteiger partial charge in [0.05, 0.1) is 0 Å². The van der Waals surface area contributed by atoms with Gasteiger partial charge in [-0.15, -0.1) is 6.58 Å². The standard InChI is InChI=1S/C12H16/c1-2-6-3-7-4-8(6)12-10-5-9(10)11(7)12/h2,6-12H,1,3-5H2. The number of fused-ring (bicyclic) bond motifs is 8. The van der Waals surface area contributed by atoms with E-state index in [1.807, 2.05) is 0 Å². The molecule has 0 aromatic rings. The van der Waals surface area contributed by atoms with Crippen molar-refractivity contribution in [2.75, 3.05) is 0 Å². The van der Waals surface area contributed by atoms with E-state index in [2.05, 4.69) is 12.7 Å². The Kier molecular flexibility index (Phi) is 0.865. The largest absolute Gasteiger partial charge is 0.103 e. The van der Waals surface area contributed by atoms with Gasteiger partial charge in [0.25, 0.3) is 0 Å². The summed E-state index contributed by atoms with van der Waals surface area (Å²) < 4.78 is 0. The second kappa shape index (κ2) is 1.66. The third-order valence-corrected chi connectivity index (χ3v) is 5.37. The van der Waals surface area contributed by atoms with Crippen molar-refractivity contribution in [2.45, 2.75) is 19.3 Å². The molecule has 7 unspecified atom stereocenters. The monoisotopic (exact) mass is 160 g/mol. The third-order valence-electron chi connectivity index (χ3n) is 5.37. The Labute approximate surface area is 74.0 Å². The van der Waals surface area contributed by atoms with Crippen LogP contribution in [0, 0.1) is 41.4 Å². The summed E-state index contributed by atoms with van der Waals surface area (Å²) in [5.74, 6) is 7.93. The number of rotatable bonds is 1. The average Bonchev–Trinajstić information content (AvgIpc) is 2.51. The molecule has 64 valence electrons. The van der Waals surface area contributed by atoms with Crippen LogP contribution in [-0.2, 0) is 0 Å². The number of hydrogen-bond donors (Lipinski definition) is 0. The third kappa shape index (κ3) is 0.471. The molecule has 4 aliphatic rings. The minimum Gasteiger partial charge on any atom is -0.103 e. The highest BCUT2D eigenvalue weighted by molar-refractivity contribution is 5.20. The van der Waals surface area contributed by atoms with Gasteiger partial charge in [-0.05, 0) is 60.7 Å².